The van der Waals surface area contributed by atoms with Crippen molar-refractivity contribution in [3.8, 4) is 0 Å². The van der Waals surface area contributed by atoms with Crippen LogP contribution in [0.25, 0.3) is 0 Å². The predicted octanol–water partition coefficient (Wildman–Crippen LogP) is 4.43. The van der Waals surface area contributed by atoms with Crippen molar-refractivity contribution >= 4 is 23.3 Å². The molecule has 1 spiro atoms. The first-order valence-corrected chi connectivity index (χ1v) is 12.9. The maximum atomic E-state index is 10.6. The molecule has 1 aromatic rings. The number of alkyl halides is 6. The normalized spacial score (nSPS) is 21.8. The van der Waals surface area contributed by atoms with Crippen LogP contribution in [0, 0.1) is 18.3 Å². The first-order valence-electron chi connectivity index (χ1n) is 12.0. The van der Waals surface area contributed by atoms with Crippen LogP contribution < -0.4 is 0 Å². The number of likely N-dealkylation sites (tertiary alicyclic amines) is 2. The summed E-state index contributed by atoms with van der Waals surface area (Å²) in [5.41, 5.74) is 3.74. The molecule has 1 aliphatic carbocycles. The number of hydrogen-bond donors (Lipinski definition) is 2. The Labute approximate surface area is 220 Å². The van der Waals surface area contributed by atoms with E-state index in [1.54, 1.807) is 11.3 Å². The van der Waals surface area contributed by atoms with Crippen LogP contribution in [0.4, 0.5) is 26.3 Å². The Kier molecular flexibility index (Phi) is 11.4. The molecule has 3 heterocycles. The van der Waals surface area contributed by atoms with Crippen LogP contribution in [0.1, 0.15) is 42.7 Å². The summed E-state index contributed by atoms with van der Waals surface area (Å²) in [7, 11) is 2.30. The lowest BCUT2D eigenvalue weighted by Crippen LogP contribution is -2.40. The maximum Gasteiger partial charge on any atom is 0.490 e. The molecule has 3 fully saturated rings. The molecule has 1 atom stereocenters. The van der Waals surface area contributed by atoms with E-state index < -0.39 is 24.3 Å². The molecule has 2 aliphatic heterocycles. The minimum atomic E-state index is -5.08. The number of carbonyl (C=O) groups is 2. The van der Waals surface area contributed by atoms with E-state index in [9.17, 15) is 26.3 Å². The zero-order valence-electron chi connectivity index (χ0n) is 21.1. The van der Waals surface area contributed by atoms with Crippen molar-refractivity contribution in [2.75, 3.05) is 39.9 Å². The molecule has 3 aliphatic rings. The summed E-state index contributed by atoms with van der Waals surface area (Å²) < 4.78 is 69.5. The number of nitrogens with zero attached hydrogens (tertiary/aromatic N) is 3. The van der Waals surface area contributed by atoms with Crippen molar-refractivity contribution < 1.29 is 50.9 Å². The Hall–Kier alpha value is -1.97. The van der Waals surface area contributed by atoms with Crippen molar-refractivity contribution in [3.63, 3.8) is 0 Å². The van der Waals surface area contributed by atoms with Gasteiger partial charge in [0, 0.05) is 30.6 Å². The number of carboxylic acids is 2. The largest absolute Gasteiger partial charge is 0.490 e. The monoisotopic (exact) mass is 577 g/mol. The Morgan fingerprint density at radius 1 is 1.08 bits per heavy atom. The number of halogens is 6. The van der Waals surface area contributed by atoms with Gasteiger partial charge in [-0.1, -0.05) is 0 Å². The van der Waals surface area contributed by atoms with Gasteiger partial charge < -0.3 is 19.8 Å². The van der Waals surface area contributed by atoms with Crippen LogP contribution in [-0.2, 0) is 20.9 Å². The summed E-state index contributed by atoms with van der Waals surface area (Å²) in [6, 6.07) is 0.638. The number of piperidine rings is 1. The van der Waals surface area contributed by atoms with Gasteiger partial charge >= 0.3 is 24.3 Å². The van der Waals surface area contributed by atoms with Gasteiger partial charge in [-0.3, -0.25) is 4.90 Å². The predicted molar refractivity (Wildman–Crippen MR) is 126 cm³/mol. The van der Waals surface area contributed by atoms with Gasteiger partial charge in [-0.05, 0) is 70.5 Å². The molecule has 4 rings (SSSR count). The van der Waals surface area contributed by atoms with Gasteiger partial charge in [-0.2, -0.15) is 26.3 Å². The SMILES string of the molecule is Cc1ncsc1CN1CCC2(CC1)CC(COCC1CC1)N(C)C2.O=C(O)C(F)(F)F.O=C(O)C(F)(F)F. The number of aryl methyl sites for hydroxylation is 1. The van der Waals surface area contributed by atoms with Crippen molar-refractivity contribution in [2.45, 2.75) is 64.0 Å². The van der Waals surface area contributed by atoms with Crippen LogP contribution in [0.15, 0.2) is 5.51 Å². The van der Waals surface area contributed by atoms with Gasteiger partial charge in [0.15, 0.2) is 0 Å². The highest BCUT2D eigenvalue weighted by Gasteiger charge is 2.44. The van der Waals surface area contributed by atoms with Crippen LogP contribution in [0.3, 0.4) is 0 Å². The number of likely N-dealkylation sites (N-methyl/N-ethyl adjacent to an activating group) is 1. The number of ether oxygens (including phenoxy) is 1. The second kappa shape index (κ2) is 13.4. The highest BCUT2D eigenvalue weighted by atomic mass is 32.1. The number of hydrogen-bond acceptors (Lipinski definition) is 7. The quantitative estimate of drug-likeness (QED) is 0.479. The summed E-state index contributed by atoms with van der Waals surface area (Å²) in [5.74, 6) is -4.64. The highest BCUT2D eigenvalue weighted by molar-refractivity contribution is 7.09. The van der Waals surface area contributed by atoms with Crippen molar-refractivity contribution in [1.82, 2.24) is 14.8 Å². The fourth-order valence-corrected chi connectivity index (χ4v) is 5.27. The zero-order valence-corrected chi connectivity index (χ0v) is 22.0. The number of carboxylic acid groups (broad SMARTS) is 2. The molecule has 2 N–H and O–H groups in total. The molecule has 0 bridgehead atoms. The van der Waals surface area contributed by atoms with E-state index >= 15 is 0 Å². The second-order valence-corrected chi connectivity index (χ2v) is 10.9. The molecule has 1 saturated carbocycles. The number of rotatable bonds is 6. The molecule has 0 radical (unpaired) electrons. The van der Waals surface area contributed by atoms with Gasteiger partial charge in [0.1, 0.15) is 0 Å². The Morgan fingerprint density at radius 2 is 1.61 bits per heavy atom. The molecule has 0 aromatic carbocycles. The summed E-state index contributed by atoms with van der Waals surface area (Å²) >= 11 is 1.81. The standard InChI is InChI=1S/C19H31N3OS.2C2HF3O2/c1-15-18(24-14-20-15)10-22-7-5-19(6-8-22)9-17(21(2)13-19)12-23-11-16-3-4-16;2*3-2(4,5)1(6)7/h14,16-17H,3-13H2,1-2H3;2*(H,6,7). The summed E-state index contributed by atoms with van der Waals surface area (Å²) in [6.07, 6.45) is -3.37. The number of aliphatic carboxylic acids is 2. The van der Waals surface area contributed by atoms with E-state index in [2.05, 4.69) is 28.8 Å². The molecule has 8 nitrogen and oxygen atoms in total. The van der Waals surface area contributed by atoms with Gasteiger partial charge in [0.2, 0.25) is 0 Å². The maximum absolute atomic E-state index is 10.6. The highest BCUT2D eigenvalue weighted by Crippen LogP contribution is 2.43. The third-order valence-electron chi connectivity index (χ3n) is 6.85. The molecule has 218 valence electrons. The molecule has 15 heteroatoms. The summed E-state index contributed by atoms with van der Waals surface area (Å²) in [5, 5.41) is 14.2. The summed E-state index contributed by atoms with van der Waals surface area (Å²) in [4.78, 5) is 28.8. The average Bonchev–Trinajstić information content (AvgIpc) is 3.46. The number of thiazole rings is 1. The molecule has 2 saturated heterocycles. The van der Waals surface area contributed by atoms with Crippen molar-refractivity contribution in [3.05, 3.63) is 16.1 Å². The minimum Gasteiger partial charge on any atom is -0.475 e. The van der Waals surface area contributed by atoms with E-state index in [0.29, 0.717) is 11.5 Å². The van der Waals surface area contributed by atoms with Crippen molar-refractivity contribution in [1.29, 1.82) is 0 Å². The van der Waals surface area contributed by atoms with Crippen molar-refractivity contribution in [2.24, 2.45) is 11.3 Å². The van der Waals surface area contributed by atoms with E-state index in [0.717, 1.165) is 25.7 Å². The average molecular weight is 578 g/mol. The zero-order chi connectivity index (χ0) is 28.7. The lowest BCUT2D eigenvalue weighted by atomic mass is 9.76. The smallest absolute Gasteiger partial charge is 0.475 e. The van der Waals surface area contributed by atoms with Crippen LogP contribution in [-0.4, -0.2) is 95.2 Å². The molecule has 1 aromatic heterocycles. The van der Waals surface area contributed by atoms with E-state index in [1.807, 2.05) is 5.51 Å². The Balaban J connectivity index is 0.000000301. The molecule has 0 amide bonds. The fourth-order valence-electron chi connectivity index (χ4n) is 4.45. The van der Waals surface area contributed by atoms with Crippen LogP contribution in [0.2, 0.25) is 0 Å². The third-order valence-corrected chi connectivity index (χ3v) is 7.77. The van der Waals surface area contributed by atoms with Gasteiger partial charge in [0.25, 0.3) is 0 Å². The Morgan fingerprint density at radius 3 is 2.03 bits per heavy atom. The van der Waals surface area contributed by atoms with Gasteiger partial charge in [0.05, 0.1) is 17.8 Å². The van der Waals surface area contributed by atoms with Crippen LogP contribution >= 0.6 is 11.3 Å². The first-order chi connectivity index (χ1) is 17.5. The third kappa shape index (κ3) is 10.7. The summed E-state index contributed by atoms with van der Waals surface area (Å²) in [6.45, 7) is 8.91. The van der Waals surface area contributed by atoms with Crippen LogP contribution in [0.5, 0.6) is 0 Å². The topological polar surface area (TPSA) is 103 Å². The molecule has 1 unspecified atom stereocenters. The fraction of sp³-hybridized carbons (Fsp3) is 0.783. The first kappa shape index (κ1) is 32.2. The molecular weight excluding hydrogens is 544 g/mol. The lowest BCUT2D eigenvalue weighted by Gasteiger charge is -2.39. The molecule has 38 heavy (non-hydrogen) atoms. The van der Waals surface area contributed by atoms with Gasteiger partial charge in [-0.25, -0.2) is 14.6 Å². The van der Waals surface area contributed by atoms with E-state index in [-0.39, 0.29) is 0 Å². The van der Waals surface area contributed by atoms with Gasteiger partial charge in [-0.15, -0.1) is 11.3 Å². The molecular formula is C23H33F6N3O5S. The van der Waals surface area contributed by atoms with E-state index in [1.165, 1.54) is 62.3 Å². The minimum absolute atomic E-state index is 0.543. The second-order valence-electron chi connectivity index (χ2n) is 10.00. The lowest BCUT2D eigenvalue weighted by molar-refractivity contribution is -0.193. The number of aromatic nitrogens is 1. The van der Waals surface area contributed by atoms with E-state index in [4.69, 9.17) is 24.5 Å². The Bertz CT molecular complexity index is 890.